The summed E-state index contributed by atoms with van der Waals surface area (Å²) in [5.41, 5.74) is 3.34. The van der Waals surface area contributed by atoms with Gasteiger partial charge in [0, 0.05) is 12.1 Å². The largest absolute Gasteiger partial charge is 0.509 e. The number of carbonyl (C=O) groups is 1. The van der Waals surface area contributed by atoms with Gasteiger partial charge < -0.3 is 14.7 Å². The molecule has 0 aliphatic carbocycles. The molecule has 1 unspecified atom stereocenters. The van der Waals surface area contributed by atoms with Gasteiger partial charge in [0.05, 0.1) is 18.7 Å². The molecule has 0 bridgehead atoms. The number of fused-ring (bicyclic) bond motifs is 1. The number of hydrogen-bond donors (Lipinski definition) is 1. The van der Waals surface area contributed by atoms with Crippen LogP contribution in [0.5, 0.6) is 5.75 Å². The lowest BCUT2D eigenvalue weighted by Crippen LogP contribution is -2.29. The molecule has 1 saturated heterocycles. The SMILES string of the molecule is CCc1cc(C)cc(OC)c1C1=C(O)C2CCCN2C1=O. The quantitative estimate of drug-likeness (QED) is 0.930. The molecule has 0 radical (unpaired) electrons. The average molecular weight is 287 g/mol. The normalized spacial score (nSPS) is 21.2. The first-order chi connectivity index (χ1) is 10.1. The molecule has 1 aromatic rings. The highest BCUT2D eigenvalue weighted by molar-refractivity contribution is 6.23. The zero-order valence-electron chi connectivity index (χ0n) is 12.8. The van der Waals surface area contributed by atoms with E-state index in [9.17, 15) is 9.90 Å². The molecular formula is C17H21NO3. The average Bonchev–Trinajstić information content (AvgIpc) is 3.04. The molecule has 0 saturated carbocycles. The summed E-state index contributed by atoms with van der Waals surface area (Å²) in [5.74, 6) is 0.823. The van der Waals surface area contributed by atoms with E-state index in [1.807, 2.05) is 13.0 Å². The van der Waals surface area contributed by atoms with E-state index in [1.165, 1.54) is 0 Å². The maximum atomic E-state index is 12.7. The molecule has 4 nitrogen and oxygen atoms in total. The van der Waals surface area contributed by atoms with Crippen molar-refractivity contribution < 1.29 is 14.6 Å². The predicted octanol–water partition coefficient (Wildman–Crippen LogP) is 2.84. The summed E-state index contributed by atoms with van der Waals surface area (Å²) < 4.78 is 5.48. The number of hydrogen-bond acceptors (Lipinski definition) is 3. The van der Waals surface area contributed by atoms with Gasteiger partial charge in [0.15, 0.2) is 0 Å². The Bertz CT molecular complexity index is 608. The summed E-state index contributed by atoms with van der Waals surface area (Å²) in [5, 5.41) is 10.6. The van der Waals surface area contributed by atoms with Crippen LogP contribution in [0.25, 0.3) is 5.57 Å². The third kappa shape index (κ3) is 2.01. The zero-order valence-corrected chi connectivity index (χ0v) is 12.8. The number of aliphatic hydroxyl groups is 1. The van der Waals surface area contributed by atoms with Crippen molar-refractivity contribution in [3.63, 3.8) is 0 Å². The van der Waals surface area contributed by atoms with Crippen LogP contribution in [0.15, 0.2) is 17.9 Å². The van der Waals surface area contributed by atoms with Gasteiger partial charge in [0.1, 0.15) is 11.5 Å². The maximum Gasteiger partial charge on any atom is 0.258 e. The first kappa shape index (κ1) is 14.0. The van der Waals surface area contributed by atoms with Gasteiger partial charge in [-0.15, -0.1) is 0 Å². The number of aliphatic hydroxyl groups excluding tert-OH is 1. The molecule has 1 atom stereocenters. The number of nitrogens with zero attached hydrogens (tertiary/aromatic N) is 1. The summed E-state index contributed by atoms with van der Waals surface area (Å²) in [6.45, 7) is 4.79. The number of ether oxygens (including phenoxy) is 1. The Kier molecular flexibility index (Phi) is 3.40. The first-order valence-electron chi connectivity index (χ1n) is 7.50. The van der Waals surface area contributed by atoms with Crippen LogP contribution in [0.3, 0.4) is 0 Å². The van der Waals surface area contributed by atoms with Gasteiger partial charge in [0.25, 0.3) is 5.91 Å². The van der Waals surface area contributed by atoms with Gasteiger partial charge in [-0.05, 0) is 43.4 Å². The van der Waals surface area contributed by atoms with Crippen molar-refractivity contribution in [1.82, 2.24) is 4.90 Å². The second kappa shape index (κ2) is 5.10. The molecule has 1 amide bonds. The van der Waals surface area contributed by atoms with Crippen LogP contribution in [-0.2, 0) is 11.2 Å². The van der Waals surface area contributed by atoms with Gasteiger partial charge in [-0.25, -0.2) is 0 Å². The summed E-state index contributed by atoms with van der Waals surface area (Å²) >= 11 is 0. The topological polar surface area (TPSA) is 49.8 Å². The van der Waals surface area contributed by atoms with Crippen LogP contribution in [0.4, 0.5) is 0 Å². The van der Waals surface area contributed by atoms with Crippen LogP contribution < -0.4 is 4.74 Å². The van der Waals surface area contributed by atoms with E-state index in [0.29, 0.717) is 11.3 Å². The van der Waals surface area contributed by atoms with Crippen molar-refractivity contribution in [2.75, 3.05) is 13.7 Å². The van der Waals surface area contributed by atoms with Gasteiger partial charge in [0.2, 0.25) is 0 Å². The van der Waals surface area contributed by atoms with Crippen molar-refractivity contribution in [2.45, 2.75) is 39.2 Å². The van der Waals surface area contributed by atoms with Crippen LogP contribution in [-0.4, -0.2) is 35.6 Å². The van der Waals surface area contributed by atoms with Gasteiger partial charge in [-0.3, -0.25) is 4.79 Å². The van der Waals surface area contributed by atoms with Crippen LogP contribution >= 0.6 is 0 Å². The van der Waals surface area contributed by atoms with Gasteiger partial charge in [-0.2, -0.15) is 0 Å². The van der Waals surface area contributed by atoms with Gasteiger partial charge >= 0.3 is 0 Å². The summed E-state index contributed by atoms with van der Waals surface area (Å²) in [6.07, 6.45) is 2.60. The second-order valence-corrected chi connectivity index (χ2v) is 5.77. The number of benzene rings is 1. The molecule has 2 aliphatic rings. The fourth-order valence-electron chi connectivity index (χ4n) is 3.50. The van der Waals surface area contributed by atoms with Gasteiger partial charge in [-0.1, -0.05) is 13.0 Å². The standard InChI is InChI=1S/C17H21NO3/c1-4-11-8-10(2)9-13(21-3)14(11)15-16(19)12-6-5-7-18(12)17(15)20/h8-9,12,19H,4-7H2,1-3H3. The molecule has 4 heteroatoms. The van der Waals surface area contributed by atoms with Crippen LogP contribution in [0.1, 0.15) is 36.5 Å². The fraction of sp³-hybridized carbons (Fsp3) is 0.471. The molecule has 0 aromatic heterocycles. The Morgan fingerprint density at radius 1 is 1.43 bits per heavy atom. The Morgan fingerprint density at radius 3 is 2.81 bits per heavy atom. The highest BCUT2D eigenvalue weighted by atomic mass is 16.5. The third-order valence-corrected chi connectivity index (χ3v) is 4.48. The zero-order chi connectivity index (χ0) is 15.1. The van der Waals surface area contributed by atoms with E-state index >= 15 is 0 Å². The Balaban J connectivity index is 2.20. The molecule has 3 rings (SSSR count). The van der Waals surface area contributed by atoms with E-state index in [2.05, 4.69) is 13.0 Å². The van der Waals surface area contributed by atoms with Crippen molar-refractivity contribution in [3.05, 3.63) is 34.6 Å². The van der Waals surface area contributed by atoms with E-state index < -0.39 is 0 Å². The van der Waals surface area contributed by atoms with Crippen molar-refractivity contribution >= 4 is 11.5 Å². The second-order valence-electron chi connectivity index (χ2n) is 5.77. The van der Waals surface area contributed by atoms with Crippen molar-refractivity contribution in [2.24, 2.45) is 0 Å². The van der Waals surface area contributed by atoms with Crippen molar-refractivity contribution in [1.29, 1.82) is 0 Å². The number of aryl methyl sites for hydroxylation is 2. The minimum atomic E-state index is -0.136. The molecule has 2 heterocycles. The minimum Gasteiger partial charge on any atom is -0.509 e. The Labute approximate surface area is 125 Å². The monoisotopic (exact) mass is 287 g/mol. The predicted molar refractivity (Wildman–Crippen MR) is 81.4 cm³/mol. The van der Waals surface area contributed by atoms with E-state index in [0.717, 1.165) is 42.5 Å². The number of methoxy groups -OCH3 is 1. The molecule has 1 aromatic carbocycles. The Hall–Kier alpha value is -1.97. The molecule has 1 fully saturated rings. The first-order valence-corrected chi connectivity index (χ1v) is 7.50. The van der Waals surface area contributed by atoms with Crippen LogP contribution in [0.2, 0.25) is 0 Å². The molecule has 2 aliphatic heterocycles. The van der Waals surface area contributed by atoms with E-state index in [4.69, 9.17) is 4.74 Å². The summed E-state index contributed by atoms with van der Waals surface area (Å²) in [4.78, 5) is 14.5. The summed E-state index contributed by atoms with van der Waals surface area (Å²) in [6, 6.07) is 3.85. The van der Waals surface area contributed by atoms with E-state index in [-0.39, 0.29) is 17.7 Å². The molecule has 0 spiro atoms. The highest BCUT2D eigenvalue weighted by Crippen LogP contribution is 2.42. The van der Waals surface area contributed by atoms with Crippen molar-refractivity contribution in [3.8, 4) is 5.75 Å². The number of amides is 1. The molecule has 1 N–H and O–H groups in total. The fourth-order valence-corrected chi connectivity index (χ4v) is 3.50. The lowest BCUT2D eigenvalue weighted by molar-refractivity contribution is -0.124. The minimum absolute atomic E-state index is 0.0631. The smallest absolute Gasteiger partial charge is 0.258 e. The lowest BCUT2D eigenvalue weighted by atomic mass is 9.93. The van der Waals surface area contributed by atoms with Crippen LogP contribution in [0, 0.1) is 6.92 Å². The lowest BCUT2D eigenvalue weighted by Gasteiger charge is -2.17. The Morgan fingerprint density at radius 2 is 2.19 bits per heavy atom. The summed E-state index contributed by atoms with van der Waals surface area (Å²) in [7, 11) is 1.61. The third-order valence-electron chi connectivity index (χ3n) is 4.48. The van der Waals surface area contributed by atoms with E-state index in [1.54, 1.807) is 12.0 Å². The maximum absolute atomic E-state index is 12.7. The molecular weight excluding hydrogens is 266 g/mol. The molecule has 112 valence electrons. The highest BCUT2D eigenvalue weighted by Gasteiger charge is 2.43. The molecule has 21 heavy (non-hydrogen) atoms. The number of rotatable bonds is 3. The number of carbonyl (C=O) groups excluding carboxylic acids is 1.